The van der Waals surface area contributed by atoms with Crippen molar-refractivity contribution >= 4 is 43.5 Å². The third kappa shape index (κ3) is 3.45. The molecular weight excluding hydrogens is 408 g/mol. The van der Waals surface area contributed by atoms with Crippen molar-refractivity contribution in [3.05, 3.63) is 38.9 Å². The van der Waals surface area contributed by atoms with Crippen molar-refractivity contribution in [1.82, 2.24) is 4.98 Å². The van der Waals surface area contributed by atoms with Crippen molar-refractivity contribution in [2.45, 2.75) is 0 Å². The van der Waals surface area contributed by atoms with Crippen LogP contribution >= 0.6 is 31.9 Å². The zero-order valence-electron chi connectivity index (χ0n) is 10.8. The number of anilines is 1. The molecule has 0 fully saturated rings. The second kappa shape index (κ2) is 6.31. The van der Waals surface area contributed by atoms with E-state index in [1.807, 2.05) is 0 Å². The summed E-state index contributed by atoms with van der Waals surface area (Å²) in [4.78, 5) is 15.1. The number of carboxylic acids is 1. The molecule has 6 nitrogen and oxygen atoms in total. The number of nitrogen functional groups attached to an aromatic ring is 1. The Hall–Kier alpha value is -1.80. The number of nitrogens with two attached hydrogens (primary N) is 1. The maximum atomic E-state index is 11.2. The number of aromatic nitrogens is 1. The summed E-state index contributed by atoms with van der Waals surface area (Å²) in [7, 11) is 1.54. The van der Waals surface area contributed by atoms with Crippen LogP contribution in [0.5, 0.6) is 17.4 Å². The summed E-state index contributed by atoms with van der Waals surface area (Å²) in [6.07, 6.45) is 1.33. The first-order valence-corrected chi connectivity index (χ1v) is 7.20. The average Bonchev–Trinajstić information content (AvgIpc) is 2.44. The number of halogens is 2. The van der Waals surface area contributed by atoms with Gasteiger partial charge in [-0.3, -0.25) is 0 Å². The van der Waals surface area contributed by atoms with Crippen LogP contribution in [0.25, 0.3) is 0 Å². The summed E-state index contributed by atoms with van der Waals surface area (Å²) in [5.41, 5.74) is 5.66. The molecule has 110 valence electrons. The maximum Gasteiger partial charge on any atom is 0.341 e. The van der Waals surface area contributed by atoms with Crippen LogP contribution in [0.1, 0.15) is 10.4 Å². The van der Waals surface area contributed by atoms with E-state index in [1.165, 1.54) is 19.4 Å². The zero-order chi connectivity index (χ0) is 15.6. The Labute approximate surface area is 137 Å². The Kier molecular flexibility index (Phi) is 4.69. The minimum Gasteiger partial charge on any atom is -0.496 e. The number of benzene rings is 1. The van der Waals surface area contributed by atoms with Crippen LogP contribution in [0.15, 0.2) is 33.3 Å². The number of nitrogens with zero attached hydrogens (tertiary/aromatic N) is 1. The molecule has 2 aromatic rings. The molecule has 8 heteroatoms. The standard InChI is InChI=1S/C13H10Br2N2O4/c1-20-10-3-9(15)11(4-8(10)14)21-12-7(13(18)19)2-6(16)5-17-12/h2-5H,16H2,1H3,(H,18,19). The SMILES string of the molecule is COc1cc(Br)c(Oc2ncc(N)cc2C(=O)O)cc1Br. The summed E-state index contributed by atoms with van der Waals surface area (Å²) >= 11 is 6.66. The van der Waals surface area contributed by atoms with Gasteiger partial charge in [-0.05, 0) is 50.1 Å². The van der Waals surface area contributed by atoms with Gasteiger partial charge in [-0.1, -0.05) is 0 Å². The predicted octanol–water partition coefficient (Wildman–Crippen LogP) is 3.69. The molecule has 1 aromatic carbocycles. The molecule has 0 aliphatic rings. The average molecular weight is 418 g/mol. The van der Waals surface area contributed by atoms with Crippen LogP contribution in [0.3, 0.4) is 0 Å². The first-order chi connectivity index (χ1) is 9.92. The number of hydrogen-bond donors (Lipinski definition) is 2. The van der Waals surface area contributed by atoms with Crippen molar-refractivity contribution in [2.24, 2.45) is 0 Å². The van der Waals surface area contributed by atoms with Crippen LogP contribution in [0, 0.1) is 0 Å². The van der Waals surface area contributed by atoms with E-state index >= 15 is 0 Å². The lowest BCUT2D eigenvalue weighted by molar-refractivity contribution is 0.0693. The second-order valence-corrected chi connectivity index (χ2v) is 5.65. The molecule has 0 unspecified atom stereocenters. The van der Waals surface area contributed by atoms with Crippen molar-refractivity contribution < 1.29 is 19.4 Å². The quantitative estimate of drug-likeness (QED) is 0.787. The Morgan fingerprint density at radius 2 is 1.86 bits per heavy atom. The van der Waals surface area contributed by atoms with Crippen molar-refractivity contribution in [3.63, 3.8) is 0 Å². The molecule has 1 heterocycles. The van der Waals surface area contributed by atoms with Crippen LogP contribution in [0.4, 0.5) is 5.69 Å². The van der Waals surface area contributed by atoms with E-state index in [9.17, 15) is 4.79 Å². The summed E-state index contributed by atoms with van der Waals surface area (Å²) in [6.45, 7) is 0. The number of carboxylic acid groups (broad SMARTS) is 1. The number of methoxy groups -OCH3 is 1. The highest BCUT2D eigenvalue weighted by Gasteiger charge is 2.16. The summed E-state index contributed by atoms with van der Waals surface area (Å²) in [6, 6.07) is 4.63. The third-order valence-electron chi connectivity index (χ3n) is 2.52. The second-order valence-electron chi connectivity index (χ2n) is 3.95. The van der Waals surface area contributed by atoms with E-state index in [0.29, 0.717) is 20.4 Å². The van der Waals surface area contributed by atoms with Gasteiger partial charge in [0.25, 0.3) is 0 Å². The summed E-state index contributed by atoms with van der Waals surface area (Å²) < 4.78 is 12.0. The van der Waals surface area contributed by atoms with Crippen LogP contribution in [0.2, 0.25) is 0 Å². The highest BCUT2D eigenvalue weighted by atomic mass is 79.9. The van der Waals surface area contributed by atoms with Crippen LogP contribution in [-0.4, -0.2) is 23.2 Å². The fourth-order valence-electron chi connectivity index (χ4n) is 1.55. The number of aromatic carboxylic acids is 1. The largest absolute Gasteiger partial charge is 0.496 e. The molecule has 0 aliphatic heterocycles. The molecule has 0 radical (unpaired) electrons. The van der Waals surface area contributed by atoms with Gasteiger partial charge in [-0.25, -0.2) is 9.78 Å². The molecule has 0 spiro atoms. The van der Waals surface area contributed by atoms with Gasteiger partial charge in [0.15, 0.2) is 0 Å². The summed E-state index contributed by atoms with van der Waals surface area (Å²) in [5, 5.41) is 9.16. The number of rotatable bonds is 4. The Morgan fingerprint density at radius 3 is 2.48 bits per heavy atom. The smallest absolute Gasteiger partial charge is 0.341 e. The number of carbonyl (C=O) groups is 1. The van der Waals surface area contributed by atoms with E-state index in [0.717, 1.165) is 0 Å². The van der Waals surface area contributed by atoms with Gasteiger partial charge in [0, 0.05) is 0 Å². The van der Waals surface area contributed by atoms with E-state index in [4.69, 9.17) is 20.3 Å². The van der Waals surface area contributed by atoms with E-state index in [1.54, 1.807) is 12.1 Å². The molecule has 0 saturated carbocycles. The van der Waals surface area contributed by atoms with Gasteiger partial charge in [0.05, 0.1) is 27.9 Å². The maximum absolute atomic E-state index is 11.2. The van der Waals surface area contributed by atoms with Crippen molar-refractivity contribution in [3.8, 4) is 17.4 Å². The third-order valence-corrected chi connectivity index (χ3v) is 3.76. The van der Waals surface area contributed by atoms with Crippen molar-refractivity contribution in [2.75, 3.05) is 12.8 Å². The molecule has 3 N–H and O–H groups in total. The molecule has 0 atom stereocenters. The van der Waals surface area contributed by atoms with Crippen LogP contribution in [-0.2, 0) is 0 Å². The molecule has 0 saturated heterocycles. The Balaban J connectivity index is 2.43. The minimum atomic E-state index is -1.17. The topological polar surface area (TPSA) is 94.7 Å². The Bertz CT molecular complexity index is 707. The molecule has 21 heavy (non-hydrogen) atoms. The molecule has 0 amide bonds. The fraction of sp³-hybridized carbons (Fsp3) is 0.0769. The van der Waals surface area contributed by atoms with E-state index in [2.05, 4.69) is 36.8 Å². The van der Waals surface area contributed by atoms with E-state index < -0.39 is 5.97 Å². The van der Waals surface area contributed by atoms with Crippen molar-refractivity contribution in [1.29, 1.82) is 0 Å². The fourth-order valence-corrected chi connectivity index (χ4v) is 2.44. The first kappa shape index (κ1) is 15.6. The van der Waals surface area contributed by atoms with Gasteiger partial charge >= 0.3 is 5.97 Å². The van der Waals surface area contributed by atoms with Gasteiger partial charge in [0.1, 0.15) is 17.1 Å². The van der Waals surface area contributed by atoms with Gasteiger partial charge in [-0.15, -0.1) is 0 Å². The molecule has 1 aromatic heterocycles. The normalized spacial score (nSPS) is 10.2. The lowest BCUT2D eigenvalue weighted by Gasteiger charge is -2.12. The number of hydrogen-bond acceptors (Lipinski definition) is 5. The van der Waals surface area contributed by atoms with Gasteiger partial charge in [0.2, 0.25) is 5.88 Å². The van der Waals surface area contributed by atoms with Gasteiger partial charge in [-0.2, -0.15) is 0 Å². The number of ether oxygens (including phenoxy) is 2. The highest BCUT2D eigenvalue weighted by Crippen LogP contribution is 2.38. The monoisotopic (exact) mass is 416 g/mol. The number of pyridine rings is 1. The highest BCUT2D eigenvalue weighted by molar-refractivity contribution is 9.11. The van der Waals surface area contributed by atoms with Gasteiger partial charge < -0.3 is 20.3 Å². The predicted molar refractivity (Wildman–Crippen MR) is 84.1 cm³/mol. The lowest BCUT2D eigenvalue weighted by atomic mass is 10.2. The van der Waals surface area contributed by atoms with Crippen LogP contribution < -0.4 is 15.2 Å². The molecule has 0 bridgehead atoms. The molecule has 0 aliphatic carbocycles. The Morgan fingerprint density at radius 1 is 1.24 bits per heavy atom. The zero-order valence-corrected chi connectivity index (χ0v) is 13.9. The van der Waals surface area contributed by atoms with E-state index in [-0.39, 0.29) is 17.1 Å². The first-order valence-electron chi connectivity index (χ1n) is 5.62. The minimum absolute atomic E-state index is 0.0468. The molecule has 2 rings (SSSR count). The lowest BCUT2D eigenvalue weighted by Crippen LogP contribution is -2.04. The molecular formula is C13H10Br2N2O4. The summed E-state index contributed by atoms with van der Waals surface area (Å²) in [5.74, 6) is -0.219.